The molecule has 0 fully saturated rings. The number of thiophene rings is 1. The number of alkyl halides is 3. The van der Waals surface area contributed by atoms with Gasteiger partial charge in [0.25, 0.3) is 0 Å². The maximum absolute atomic E-state index is 12.6. The maximum atomic E-state index is 12.6. The minimum absolute atomic E-state index is 0.0903. The first-order chi connectivity index (χ1) is 9.86. The first-order valence-electron chi connectivity index (χ1n) is 5.80. The Labute approximate surface area is 131 Å². The van der Waals surface area contributed by atoms with E-state index in [4.69, 9.17) is 0 Å². The molecule has 0 aliphatic rings. The standard InChI is InChI=1S/C13H10BrF3N2OS/c14-10-4-5-21-11(10)7-18-12(20)19-9-3-1-2-8(6-9)13(15,16)17/h1-6H,7H2,(H2,18,19,20). The van der Waals surface area contributed by atoms with Crippen molar-refractivity contribution < 1.29 is 18.0 Å². The van der Waals surface area contributed by atoms with E-state index in [1.807, 2.05) is 11.4 Å². The van der Waals surface area contributed by atoms with Gasteiger partial charge in [0.05, 0.1) is 12.1 Å². The molecular formula is C13H10BrF3N2OS. The zero-order chi connectivity index (χ0) is 15.5. The van der Waals surface area contributed by atoms with E-state index in [0.717, 1.165) is 21.5 Å². The molecule has 2 rings (SSSR count). The molecule has 1 aromatic heterocycles. The van der Waals surface area contributed by atoms with Crippen molar-refractivity contribution >= 4 is 39.0 Å². The van der Waals surface area contributed by atoms with Gasteiger partial charge in [0.1, 0.15) is 0 Å². The third-order valence-corrected chi connectivity index (χ3v) is 4.47. The summed E-state index contributed by atoms with van der Waals surface area (Å²) in [5.41, 5.74) is -0.714. The van der Waals surface area contributed by atoms with E-state index in [9.17, 15) is 18.0 Å². The van der Waals surface area contributed by atoms with Gasteiger partial charge in [-0.05, 0) is 45.6 Å². The lowest BCUT2D eigenvalue weighted by atomic mass is 10.2. The largest absolute Gasteiger partial charge is 0.416 e. The van der Waals surface area contributed by atoms with Crippen molar-refractivity contribution in [1.29, 1.82) is 0 Å². The van der Waals surface area contributed by atoms with Gasteiger partial charge in [-0.3, -0.25) is 0 Å². The van der Waals surface area contributed by atoms with Gasteiger partial charge in [-0.25, -0.2) is 4.79 Å². The van der Waals surface area contributed by atoms with Crippen molar-refractivity contribution in [2.45, 2.75) is 12.7 Å². The van der Waals surface area contributed by atoms with Crippen LogP contribution in [0.3, 0.4) is 0 Å². The topological polar surface area (TPSA) is 41.1 Å². The SMILES string of the molecule is O=C(NCc1sccc1Br)Nc1cccc(C(F)(F)F)c1. The lowest BCUT2D eigenvalue weighted by Crippen LogP contribution is -2.28. The fraction of sp³-hybridized carbons (Fsp3) is 0.154. The molecule has 0 unspecified atom stereocenters. The van der Waals surface area contributed by atoms with Crippen molar-refractivity contribution in [3.8, 4) is 0 Å². The van der Waals surface area contributed by atoms with Crippen LogP contribution in [-0.4, -0.2) is 6.03 Å². The first kappa shape index (κ1) is 15.8. The Kier molecular flexibility index (Phi) is 4.89. The molecule has 0 atom stereocenters. The van der Waals surface area contributed by atoms with Gasteiger partial charge in [-0.1, -0.05) is 6.07 Å². The quantitative estimate of drug-likeness (QED) is 0.787. The van der Waals surface area contributed by atoms with Crippen LogP contribution in [0.5, 0.6) is 0 Å². The van der Waals surface area contributed by atoms with Crippen LogP contribution in [-0.2, 0) is 12.7 Å². The van der Waals surface area contributed by atoms with Crippen LogP contribution in [0.1, 0.15) is 10.4 Å². The number of nitrogens with one attached hydrogen (secondary N) is 2. The second-order valence-corrected chi connectivity index (χ2v) is 5.93. The lowest BCUT2D eigenvalue weighted by Gasteiger charge is -2.10. The summed E-state index contributed by atoms with van der Waals surface area (Å²) < 4.78 is 38.5. The molecule has 0 radical (unpaired) electrons. The van der Waals surface area contributed by atoms with E-state index in [-0.39, 0.29) is 5.69 Å². The molecule has 2 amide bonds. The highest BCUT2D eigenvalue weighted by Crippen LogP contribution is 2.30. The molecule has 2 N–H and O–H groups in total. The molecule has 0 aliphatic heterocycles. The van der Waals surface area contributed by atoms with Crippen LogP contribution in [0.15, 0.2) is 40.2 Å². The fourth-order valence-corrected chi connectivity index (χ4v) is 2.99. The number of amides is 2. The van der Waals surface area contributed by atoms with Crippen molar-refractivity contribution in [3.63, 3.8) is 0 Å². The fourth-order valence-electron chi connectivity index (χ4n) is 1.56. The smallest absolute Gasteiger partial charge is 0.333 e. The van der Waals surface area contributed by atoms with Crippen LogP contribution in [0.4, 0.5) is 23.7 Å². The molecule has 112 valence electrons. The maximum Gasteiger partial charge on any atom is 0.416 e. The van der Waals surface area contributed by atoms with Crippen molar-refractivity contribution in [2.75, 3.05) is 5.32 Å². The highest BCUT2D eigenvalue weighted by atomic mass is 79.9. The summed E-state index contributed by atoms with van der Waals surface area (Å²) in [6.45, 7) is 0.295. The average Bonchev–Trinajstić information content (AvgIpc) is 2.81. The van der Waals surface area contributed by atoms with E-state index in [2.05, 4.69) is 26.6 Å². The van der Waals surface area contributed by atoms with Crippen LogP contribution >= 0.6 is 27.3 Å². The number of anilines is 1. The lowest BCUT2D eigenvalue weighted by molar-refractivity contribution is -0.137. The molecule has 1 aromatic carbocycles. The normalized spacial score (nSPS) is 11.2. The van der Waals surface area contributed by atoms with Crippen molar-refractivity contribution in [2.24, 2.45) is 0 Å². The minimum Gasteiger partial charge on any atom is -0.333 e. The zero-order valence-corrected chi connectivity index (χ0v) is 12.9. The van der Waals surface area contributed by atoms with E-state index < -0.39 is 17.8 Å². The molecule has 0 saturated heterocycles. The molecule has 0 spiro atoms. The Hall–Kier alpha value is -1.54. The number of benzene rings is 1. The average molecular weight is 379 g/mol. The summed E-state index contributed by atoms with van der Waals surface area (Å²) in [5, 5.41) is 6.82. The first-order valence-corrected chi connectivity index (χ1v) is 7.47. The Morgan fingerprint density at radius 2 is 2.05 bits per heavy atom. The molecule has 8 heteroatoms. The summed E-state index contributed by atoms with van der Waals surface area (Å²) in [6, 6.07) is 5.78. The highest BCUT2D eigenvalue weighted by molar-refractivity contribution is 9.10. The number of halogens is 4. The van der Waals surface area contributed by atoms with Crippen molar-refractivity contribution in [1.82, 2.24) is 5.32 Å². The molecule has 2 aromatic rings. The van der Waals surface area contributed by atoms with E-state index >= 15 is 0 Å². The number of hydrogen-bond acceptors (Lipinski definition) is 2. The summed E-state index contributed by atoms with van der Waals surface area (Å²) in [4.78, 5) is 12.6. The minimum atomic E-state index is -4.43. The molecular weight excluding hydrogens is 369 g/mol. The van der Waals surface area contributed by atoms with Crippen LogP contribution < -0.4 is 10.6 Å². The number of carbonyl (C=O) groups is 1. The van der Waals surface area contributed by atoms with Gasteiger partial charge in [0.15, 0.2) is 0 Å². The zero-order valence-electron chi connectivity index (χ0n) is 10.5. The van der Waals surface area contributed by atoms with Crippen molar-refractivity contribution in [3.05, 3.63) is 50.6 Å². The Balaban J connectivity index is 1.95. The Morgan fingerprint density at radius 1 is 1.29 bits per heavy atom. The number of urea groups is 1. The molecule has 0 saturated carbocycles. The van der Waals surface area contributed by atoms with Gasteiger partial charge in [-0.15, -0.1) is 11.3 Å². The second-order valence-electron chi connectivity index (χ2n) is 4.08. The molecule has 0 aliphatic carbocycles. The third-order valence-electron chi connectivity index (χ3n) is 2.55. The van der Waals surface area contributed by atoms with E-state index in [0.29, 0.717) is 6.54 Å². The van der Waals surface area contributed by atoms with Crippen LogP contribution in [0.25, 0.3) is 0 Å². The molecule has 1 heterocycles. The third kappa shape index (κ3) is 4.47. The summed E-state index contributed by atoms with van der Waals surface area (Å²) in [6.07, 6.45) is -4.43. The Bertz CT molecular complexity index is 642. The van der Waals surface area contributed by atoms with Gasteiger partial charge in [0, 0.05) is 15.0 Å². The predicted molar refractivity (Wildman–Crippen MR) is 79.3 cm³/mol. The second kappa shape index (κ2) is 6.48. The van der Waals surface area contributed by atoms with E-state index in [1.54, 1.807) is 0 Å². The summed E-state index contributed by atoms with van der Waals surface area (Å²) in [7, 11) is 0. The predicted octanol–water partition coefficient (Wildman–Crippen LogP) is 4.85. The monoisotopic (exact) mass is 378 g/mol. The van der Waals surface area contributed by atoms with Crippen LogP contribution in [0, 0.1) is 0 Å². The van der Waals surface area contributed by atoms with Gasteiger partial charge in [0.2, 0.25) is 0 Å². The molecule has 21 heavy (non-hydrogen) atoms. The van der Waals surface area contributed by atoms with Gasteiger partial charge >= 0.3 is 12.2 Å². The van der Waals surface area contributed by atoms with Gasteiger partial charge in [-0.2, -0.15) is 13.2 Å². The van der Waals surface area contributed by atoms with Crippen LogP contribution in [0.2, 0.25) is 0 Å². The summed E-state index contributed by atoms with van der Waals surface area (Å²) in [5.74, 6) is 0. The Morgan fingerprint density at radius 3 is 2.67 bits per heavy atom. The van der Waals surface area contributed by atoms with E-state index in [1.165, 1.54) is 23.5 Å². The number of hydrogen-bond donors (Lipinski definition) is 2. The molecule has 0 bridgehead atoms. The van der Waals surface area contributed by atoms with Gasteiger partial charge < -0.3 is 10.6 Å². The summed E-state index contributed by atoms with van der Waals surface area (Å²) >= 11 is 4.79. The molecule has 3 nitrogen and oxygen atoms in total. The number of rotatable bonds is 3. The number of carbonyl (C=O) groups excluding carboxylic acids is 1. The highest BCUT2D eigenvalue weighted by Gasteiger charge is 2.30.